The molecule has 2 N–H and O–H groups in total. The van der Waals surface area contributed by atoms with Crippen molar-refractivity contribution in [2.75, 3.05) is 11.9 Å². The summed E-state index contributed by atoms with van der Waals surface area (Å²) >= 11 is 0. The molecule has 0 spiro atoms. The first-order valence-corrected chi connectivity index (χ1v) is 4.35. The van der Waals surface area contributed by atoms with Crippen molar-refractivity contribution in [2.45, 2.75) is 26.3 Å². The molecule has 4 heteroatoms. The van der Waals surface area contributed by atoms with E-state index in [1.54, 1.807) is 13.1 Å². The highest BCUT2D eigenvalue weighted by Crippen LogP contribution is 2.02. The van der Waals surface area contributed by atoms with Crippen molar-refractivity contribution < 1.29 is 6.48 Å². The number of aliphatic hydroxyl groups is 1. The molecule has 1 heterocycles. The molecule has 0 saturated heterocycles. The SMILES string of the molecule is [2H]c1nc(NC(CC)CO)ncc1C. The van der Waals surface area contributed by atoms with Crippen molar-refractivity contribution in [3.63, 3.8) is 0 Å². The Kier molecular flexibility index (Phi) is 3.09. The number of aryl methyl sites for hydroxylation is 1. The van der Waals surface area contributed by atoms with E-state index < -0.39 is 0 Å². The minimum absolute atomic E-state index is 0.0427. The number of aliphatic hydroxyl groups excluding tert-OH is 1. The van der Waals surface area contributed by atoms with Gasteiger partial charge >= 0.3 is 0 Å². The zero-order chi connectivity index (χ0) is 10.6. The van der Waals surface area contributed by atoms with Crippen molar-refractivity contribution in [1.29, 1.82) is 0 Å². The van der Waals surface area contributed by atoms with Gasteiger partial charge in [-0.1, -0.05) is 6.92 Å². The van der Waals surface area contributed by atoms with E-state index in [-0.39, 0.29) is 18.8 Å². The number of nitrogens with zero attached hydrogens (tertiary/aromatic N) is 2. The Morgan fingerprint density at radius 3 is 3.00 bits per heavy atom. The lowest BCUT2D eigenvalue weighted by molar-refractivity contribution is 0.271. The second kappa shape index (κ2) is 4.77. The van der Waals surface area contributed by atoms with Gasteiger partial charge in [0.1, 0.15) is 0 Å². The van der Waals surface area contributed by atoms with E-state index in [1.807, 2.05) is 6.92 Å². The summed E-state index contributed by atoms with van der Waals surface area (Å²) in [5.74, 6) is 0.404. The molecule has 0 saturated carbocycles. The lowest BCUT2D eigenvalue weighted by Gasteiger charge is -2.13. The molecular weight excluding hydrogens is 166 g/mol. The smallest absolute Gasteiger partial charge is 0.222 e. The summed E-state index contributed by atoms with van der Waals surface area (Å²) in [7, 11) is 0. The Morgan fingerprint density at radius 1 is 1.69 bits per heavy atom. The van der Waals surface area contributed by atoms with Gasteiger partial charge in [0.25, 0.3) is 0 Å². The van der Waals surface area contributed by atoms with E-state index in [9.17, 15) is 0 Å². The van der Waals surface area contributed by atoms with E-state index in [2.05, 4.69) is 15.3 Å². The molecule has 0 bridgehead atoms. The molecule has 1 unspecified atom stereocenters. The summed E-state index contributed by atoms with van der Waals surface area (Å²) in [4.78, 5) is 7.96. The van der Waals surface area contributed by atoms with Crippen LogP contribution in [-0.4, -0.2) is 27.7 Å². The highest BCUT2D eigenvalue weighted by atomic mass is 16.3. The van der Waals surface area contributed by atoms with Gasteiger partial charge in [-0.25, -0.2) is 9.97 Å². The number of rotatable bonds is 4. The number of hydrogen-bond donors (Lipinski definition) is 2. The van der Waals surface area contributed by atoms with Crippen LogP contribution in [0.15, 0.2) is 12.4 Å². The van der Waals surface area contributed by atoms with Gasteiger partial charge in [-0.3, -0.25) is 0 Å². The number of aromatic nitrogens is 2. The standard InChI is InChI=1S/C9H15N3O/c1-3-8(6-13)12-9-10-4-7(2)5-11-9/h4-5,8,13H,3,6H2,1-2H3,(H,10,11,12)/i4D. The molecule has 0 aliphatic rings. The maximum atomic E-state index is 8.95. The van der Waals surface area contributed by atoms with Gasteiger partial charge in [-0.05, 0) is 18.9 Å². The number of anilines is 1. The van der Waals surface area contributed by atoms with E-state index >= 15 is 0 Å². The molecule has 0 aliphatic heterocycles. The summed E-state index contributed by atoms with van der Waals surface area (Å²) in [6.07, 6.45) is 2.61. The van der Waals surface area contributed by atoms with Crippen LogP contribution in [-0.2, 0) is 0 Å². The summed E-state index contributed by atoms with van der Waals surface area (Å²) in [5.41, 5.74) is 0.743. The van der Waals surface area contributed by atoms with Crippen LogP contribution in [0.1, 0.15) is 20.3 Å². The second-order valence-electron chi connectivity index (χ2n) is 2.92. The van der Waals surface area contributed by atoms with Gasteiger partial charge in [-0.15, -0.1) is 0 Å². The lowest BCUT2D eigenvalue weighted by atomic mass is 10.2. The van der Waals surface area contributed by atoms with Gasteiger partial charge in [-0.2, -0.15) is 0 Å². The quantitative estimate of drug-likeness (QED) is 0.728. The summed E-state index contributed by atoms with van der Waals surface area (Å²) in [6, 6.07) is -0.0443. The van der Waals surface area contributed by atoms with E-state index in [1.165, 1.54) is 0 Å². The predicted octanol–water partition coefficient (Wildman–Crippen LogP) is 0.968. The zero-order valence-corrected chi connectivity index (χ0v) is 7.91. The fourth-order valence-corrected chi connectivity index (χ4v) is 0.886. The van der Waals surface area contributed by atoms with Gasteiger partial charge in [0.05, 0.1) is 14.0 Å². The van der Waals surface area contributed by atoms with Crippen LogP contribution < -0.4 is 5.32 Å². The molecule has 1 atom stereocenters. The van der Waals surface area contributed by atoms with Gasteiger partial charge < -0.3 is 10.4 Å². The van der Waals surface area contributed by atoms with Gasteiger partial charge in [0, 0.05) is 12.4 Å². The molecule has 4 nitrogen and oxygen atoms in total. The van der Waals surface area contributed by atoms with E-state index in [0.29, 0.717) is 5.95 Å². The van der Waals surface area contributed by atoms with Crippen LogP contribution in [0, 0.1) is 6.92 Å². The Labute approximate surface area is 79.4 Å². The first-order valence-electron chi connectivity index (χ1n) is 4.85. The van der Waals surface area contributed by atoms with Crippen molar-refractivity contribution in [3.8, 4) is 0 Å². The molecule has 0 amide bonds. The van der Waals surface area contributed by atoms with Crippen LogP contribution >= 0.6 is 0 Å². The average molecular weight is 182 g/mol. The van der Waals surface area contributed by atoms with Crippen molar-refractivity contribution in [1.82, 2.24) is 9.97 Å². The normalized spacial score (nSPS) is 13.6. The van der Waals surface area contributed by atoms with Crippen molar-refractivity contribution >= 4 is 5.95 Å². The zero-order valence-electron chi connectivity index (χ0n) is 8.91. The minimum Gasteiger partial charge on any atom is -0.394 e. The molecule has 0 radical (unpaired) electrons. The third-order valence-electron chi connectivity index (χ3n) is 1.77. The molecule has 0 aromatic carbocycles. The van der Waals surface area contributed by atoms with Crippen molar-refractivity contribution in [2.24, 2.45) is 0 Å². The predicted molar refractivity (Wildman–Crippen MR) is 51.6 cm³/mol. The third-order valence-corrected chi connectivity index (χ3v) is 1.77. The summed E-state index contributed by atoms with van der Waals surface area (Å²) < 4.78 is 7.47. The maximum Gasteiger partial charge on any atom is 0.222 e. The molecule has 1 rings (SSSR count). The minimum atomic E-state index is -0.0443. The molecule has 72 valence electrons. The van der Waals surface area contributed by atoms with Crippen LogP contribution in [0.5, 0.6) is 0 Å². The highest BCUT2D eigenvalue weighted by molar-refractivity contribution is 5.25. The van der Waals surface area contributed by atoms with E-state index in [0.717, 1.165) is 12.0 Å². The first kappa shape index (κ1) is 8.44. The topological polar surface area (TPSA) is 58.0 Å². The summed E-state index contributed by atoms with van der Waals surface area (Å²) in [6.45, 7) is 3.79. The molecule has 13 heavy (non-hydrogen) atoms. The Balaban J connectivity index is 2.72. The highest BCUT2D eigenvalue weighted by Gasteiger charge is 2.04. The van der Waals surface area contributed by atoms with Crippen LogP contribution in [0.25, 0.3) is 0 Å². The first-order chi connectivity index (χ1) is 6.67. The van der Waals surface area contributed by atoms with Crippen LogP contribution in [0.3, 0.4) is 0 Å². The Morgan fingerprint density at radius 2 is 2.46 bits per heavy atom. The average Bonchev–Trinajstić information content (AvgIpc) is 2.19. The molecule has 1 aromatic heterocycles. The van der Waals surface area contributed by atoms with E-state index in [4.69, 9.17) is 6.48 Å². The van der Waals surface area contributed by atoms with Crippen LogP contribution in [0.4, 0.5) is 5.95 Å². The fraction of sp³-hybridized carbons (Fsp3) is 0.556. The molecular formula is C9H15N3O. The summed E-state index contributed by atoms with van der Waals surface area (Å²) in [5, 5.41) is 11.9. The van der Waals surface area contributed by atoms with Crippen molar-refractivity contribution in [3.05, 3.63) is 17.9 Å². The Hall–Kier alpha value is -1.16. The Bertz CT molecular complexity index is 302. The van der Waals surface area contributed by atoms with Gasteiger partial charge in [0.15, 0.2) is 0 Å². The number of hydrogen-bond acceptors (Lipinski definition) is 4. The second-order valence-corrected chi connectivity index (χ2v) is 2.92. The molecule has 0 fully saturated rings. The largest absolute Gasteiger partial charge is 0.394 e. The third kappa shape index (κ3) is 2.99. The molecule has 1 aromatic rings. The molecule has 0 aliphatic carbocycles. The van der Waals surface area contributed by atoms with Gasteiger partial charge in [0.2, 0.25) is 5.95 Å². The fourth-order valence-electron chi connectivity index (χ4n) is 0.886. The maximum absolute atomic E-state index is 8.95. The lowest BCUT2D eigenvalue weighted by Crippen LogP contribution is -2.23. The van der Waals surface area contributed by atoms with Crippen LogP contribution in [0.2, 0.25) is 0 Å². The monoisotopic (exact) mass is 182 g/mol. The number of nitrogens with one attached hydrogen (secondary N) is 1.